The van der Waals surface area contributed by atoms with E-state index < -0.39 is 5.97 Å². The predicted octanol–water partition coefficient (Wildman–Crippen LogP) is 3.59. The first-order valence-electron chi connectivity index (χ1n) is 5.28. The van der Waals surface area contributed by atoms with Gasteiger partial charge in [-0.15, -0.1) is 0 Å². The van der Waals surface area contributed by atoms with Crippen LogP contribution in [0.25, 0.3) is 0 Å². The van der Waals surface area contributed by atoms with Crippen LogP contribution in [-0.2, 0) is 0 Å². The van der Waals surface area contributed by atoms with Gasteiger partial charge in [-0.1, -0.05) is 22.0 Å². The number of benzene rings is 1. The minimum Gasteiger partial charge on any atom is -0.478 e. The third-order valence-corrected chi connectivity index (χ3v) is 3.36. The van der Waals surface area contributed by atoms with Crippen molar-refractivity contribution in [2.75, 3.05) is 5.32 Å². The van der Waals surface area contributed by atoms with Crippen LogP contribution in [0.1, 0.15) is 15.9 Å². The van der Waals surface area contributed by atoms with Gasteiger partial charge in [-0.2, -0.15) is 0 Å². The van der Waals surface area contributed by atoms with E-state index in [0.717, 1.165) is 15.7 Å². The number of aromatic nitrogens is 1. The smallest absolute Gasteiger partial charge is 0.339 e. The van der Waals surface area contributed by atoms with E-state index in [1.807, 2.05) is 25.1 Å². The molecular formula is C13H11BrN2O2. The largest absolute Gasteiger partial charge is 0.478 e. The van der Waals surface area contributed by atoms with E-state index in [1.54, 1.807) is 12.3 Å². The molecule has 2 rings (SSSR count). The van der Waals surface area contributed by atoms with Gasteiger partial charge in [0.2, 0.25) is 0 Å². The number of aromatic carboxylic acids is 1. The summed E-state index contributed by atoms with van der Waals surface area (Å²) in [7, 11) is 0. The molecule has 2 N–H and O–H groups in total. The molecule has 0 fully saturated rings. The highest BCUT2D eigenvalue weighted by Gasteiger charge is 2.10. The Morgan fingerprint density at radius 1 is 1.39 bits per heavy atom. The third kappa shape index (κ3) is 2.68. The summed E-state index contributed by atoms with van der Waals surface area (Å²) in [5.41, 5.74) is 2.61. The number of aryl methyl sites for hydroxylation is 1. The van der Waals surface area contributed by atoms with Crippen LogP contribution in [0.15, 0.2) is 41.1 Å². The topological polar surface area (TPSA) is 62.2 Å². The average molecular weight is 307 g/mol. The molecule has 1 heterocycles. The van der Waals surface area contributed by atoms with Gasteiger partial charge in [-0.3, -0.25) is 4.98 Å². The van der Waals surface area contributed by atoms with Crippen LogP contribution < -0.4 is 5.32 Å². The summed E-state index contributed by atoms with van der Waals surface area (Å²) in [6.07, 6.45) is 2.88. The van der Waals surface area contributed by atoms with Gasteiger partial charge in [-0.25, -0.2) is 4.79 Å². The van der Waals surface area contributed by atoms with Crippen LogP contribution in [0.2, 0.25) is 0 Å². The molecule has 0 radical (unpaired) electrons. The van der Waals surface area contributed by atoms with Crippen molar-refractivity contribution < 1.29 is 9.90 Å². The summed E-state index contributed by atoms with van der Waals surface area (Å²) in [4.78, 5) is 14.9. The molecule has 0 aliphatic carbocycles. The Morgan fingerprint density at radius 3 is 2.83 bits per heavy atom. The van der Waals surface area contributed by atoms with Crippen LogP contribution in [0.5, 0.6) is 0 Å². The van der Waals surface area contributed by atoms with E-state index in [2.05, 4.69) is 26.2 Å². The van der Waals surface area contributed by atoms with E-state index in [4.69, 9.17) is 5.11 Å². The zero-order valence-electron chi connectivity index (χ0n) is 9.64. The molecule has 4 nitrogen and oxygen atoms in total. The Hall–Kier alpha value is -1.88. The lowest BCUT2D eigenvalue weighted by Gasteiger charge is -2.10. The number of nitrogens with one attached hydrogen (secondary N) is 1. The Bertz CT molecular complexity index is 599. The zero-order valence-corrected chi connectivity index (χ0v) is 11.2. The SMILES string of the molecule is Cc1ccc(Nc2ccncc2C(=O)O)cc1Br. The number of nitrogens with zero attached hydrogens (tertiary/aromatic N) is 1. The maximum atomic E-state index is 11.0. The molecule has 0 aliphatic heterocycles. The number of hydrogen-bond donors (Lipinski definition) is 2. The Balaban J connectivity index is 2.34. The molecule has 0 saturated heterocycles. The van der Waals surface area contributed by atoms with E-state index in [1.165, 1.54) is 6.20 Å². The zero-order chi connectivity index (χ0) is 13.1. The highest BCUT2D eigenvalue weighted by Crippen LogP contribution is 2.25. The molecule has 1 aromatic carbocycles. The van der Waals surface area contributed by atoms with Crippen LogP contribution in [0.3, 0.4) is 0 Å². The Labute approximate surface area is 113 Å². The number of carbonyl (C=O) groups is 1. The lowest BCUT2D eigenvalue weighted by Crippen LogP contribution is -2.03. The molecular weight excluding hydrogens is 296 g/mol. The molecule has 18 heavy (non-hydrogen) atoms. The second kappa shape index (κ2) is 5.18. The number of rotatable bonds is 3. The number of halogens is 1. The van der Waals surface area contributed by atoms with Crippen molar-refractivity contribution in [3.8, 4) is 0 Å². The molecule has 0 atom stereocenters. The highest BCUT2D eigenvalue weighted by molar-refractivity contribution is 9.10. The number of carboxylic acid groups (broad SMARTS) is 1. The Kier molecular flexibility index (Phi) is 3.62. The average Bonchev–Trinajstić information content (AvgIpc) is 2.34. The van der Waals surface area contributed by atoms with E-state index >= 15 is 0 Å². The van der Waals surface area contributed by atoms with Crippen molar-refractivity contribution >= 4 is 33.3 Å². The normalized spacial score (nSPS) is 10.1. The van der Waals surface area contributed by atoms with Crippen molar-refractivity contribution in [3.05, 3.63) is 52.3 Å². The van der Waals surface area contributed by atoms with Crippen molar-refractivity contribution in [1.29, 1.82) is 0 Å². The fourth-order valence-corrected chi connectivity index (χ4v) is 1.88. The van der Waals surface area contributed by atoms with Gasteiger partial charge in [0.05, 0.1) is 5.69 Å². The number of hydrogen-bond acceptors (Lipinski definition) is 3. The van der Waals surface area contributed by atoms with Crippen LogP contribution >= 0.6 is 15.9 Å². The van der Waals surface area contributed by atoms with Crippen LogP contribution in [-0.4, -0.2) is 16.1 Å². The molecule has 92 valence electrons. The van der Waals surface area contributed by atoms with Gasteiger partial charge in [-0.05, 0) is 30.7 Å². The summed E-state index contributed by atoms with van der Waals surface area (Å²) in [6.45, 7) is 1.99. The number of pyridine rings is 1. The second-order valence-electron chi connectivity index (χ2n) is 3.82. The molecule has 0 spiro atoms. The lowest BCUT2D eigenvalue weighted by molar-refractivity contribution is 0.0697. The van der Waals surface area contributed by atoms with E-state index in [0.29, 0.717) is 5.69 Å². The Morgan fingerprint density at radius 2 is 2.17 bits per heavy atom. The van der Waals surface area contributed by atoms with Crippen molar-refractivity contribution in [2.45, 2.75) is 6.92 Å². The molecule has 0 saturated carbocycles. The van der Waals surface area contributed by atoms with Gasteiger partial charge in [0, 0.05) is 22.6 Å². The van der Waals surface area contributed by atoms with E-state index in [-0.39, 0.29) is 5.56 Å². The summed E-state index contributed by atoms with van der Waals surface area (Å²) in [5, 5.41) is 12.1. The van der Waals surface area contributed by atoms with Crippen LogP contribution in [0.4, 0.5) is 11.4 Å². The molecule has 2 aromatic rings. The van der Waals surface area contributed by atoms with Gasteiger partial charge in [0.15, 0.2) is 0 Å². The molecule has 0 bridgehead atoms. The first kappa shape index (κ1) is 12.6. The van der Waals surface area contributed by atoms with Crippen molar-refractivity contribution in [1.82, 2.24) is 4.98 Å². The lowest BCUT2D eigenvalue weighted by atomic mass is 10.2. The fraction of sp³-hybridized carbons (Fsp3) is 0.0769. The molecule has 0 unspecified atom stereocenters. The second-order valence-corrected chi connectivity index (χ2v) is 4.67. The predicted molar refractivity (Wildman–Crippen MR) is 73.4 cm³/mol. The summed E-state index contributed by atoms with van der Waals surface area (Å²) in [6, 6.07) is 7.39. The molecule has 5 heteroatoms. The maximum Gasteiger partial charge on any atom is 0.339 e. The number of carboxylic acids is 1. The van der Waals surface area contributed by atoms with Gasteiger partial charge < -0.3 is 10.4 Å². The highest BCUT2D eigenvalue weighted by atomic mass is 79.9. The quantitative estimate of drug-likeness (QED) is 0.909. The minimum absolute atomic E-state index is 0.147. The van der Waals surface area contributed by atoms with Crippen molar-refractivity contribution in [3.63, 3.8) is 0 Å². The van der Waals surface area contributed by atoms with E-state index in [9.17, 15) is 4.79 Å². The first-order valence-corrected chi connectivity index (χ1v) is 6.07. The summed E-state index contributed by atoms with van der Waals surface area (Å²) >= 11 is 3.44. The fourth-order valence-electron chi connectivity index (χ4n) is 1.50. The number of anilines is 2. The van der Waals surface area contributed by atoms with Gasteiger partial charge in [0.25, 0.3) is 0 Å². The molecule has 0 amide bonds. The summed E-state index contributed by atoms with van der Waals surface area (Å²) in [5.74, 6) is -1.00. The van der Waals surface area contributed by atoms with Gasteiger partial charge in [0.1, 0.15) is 5.56 Å². The molecule has 0 aliphatic rings. The maximum absolute atomic E-state index is 11.0. The summed E-state index contributed by atoms with van der Waals surface area (Å²) < 4.78 is 0.971. The minimum atomic E-state index is -1.00. The monoisotopic (exact) mass is 306 g/mol. The van der Waals surface area contributed by atoms with Gasteiger partial charge >= 0.3 is 5.97 Å². The third-order valence-electron chi connectivity index (χ3n) is 2.50. The standard InChI is InChI=1S/C13H11BrN2O2/c1-8-2-3-9(6-11(8)14)16-12-4-5-15-7-10(12)13(17)18/h2-7H,1H3,(H,15,16)(H,17,18). The molecule has 1 aromatic heterocycles. The van der Waals surface area contributed by atoms with Crippen molar-refractivity contribution in [2.24, 2.45) is 0 Å². The van der Waals surface area contributed by atoms with Crippen LogP contribution in [0, 0.1) is 6.92 Å². The first-order chi connectivity index (χ1) is 8.58.